The largest absolute Gasteiger partial charge is 0.496 e. The summed E-state index contributed by atoms with van der Waals surface area (Å²) in [6.07, 6.45) is 9.63. The topological polar surface area (TPSA) is 35.5 Å². The fourth-order valence-electron chi connectivity index (χ4n) is 4.63. The predicted octanol–water partition coefficient (Wildman–Crippen LogP) is 3.66. The lowest BCUT2D eigenvalue weighted by Crippen LogP contribution is -2.61. The number of piperidine rings is 2. The molecule has 2 saturated heterocycles. The van der Waals surface area contributed by atoms with Crippen LogP contribution in [0.5, 0.6) is 5.75 Å². The van der Waals surface area contributed by atoms with Crippen molar-refractivity contribution < 1.29 is 18.8 Å². The van der Waals surface area contributed by atoms with Crippen LogP contribution < -0.4 is 4.74 Å². The zero-order chi connectivity index (χ0) is 17.7. The van der Waals surface area contributed by atoms with Crippen LogP contribution in [0.15, 0.2) is 30.3 Å². The average molecular weight is 344 g/mol. The maximum absolute atomic E-state index is 12.1. The van der Waals surface area contributed by atoms with Crippen molar-refractivity contribution >= 4 is 12.0 Å². The fraction of sp³-hybridized carbons (Fsp3) is 0.571. The molecule has 2 aliphatic rings. The van der Waals surface area contributed by atoms with E-state index >= 15 is 0 Å². The summed E-state index contributed by atoms with van der Waals surface area (Å²) in [6, 6.07) is 8.31. The van der Waals surface area contributed by atoms with E-state index in [0.717, 1.165) is 11.3 Å². The normalized spacial score (nSPS) is 29.2. The Bertz CT molecular complexity index is 623. The SMILES string of the molecule is COc1ccccc1/C=C/C(=O)OC[C@@H]1CCC[N+]2(C)CCCC[C@@H]12. The zero-order valence-electron chi connectivity index (χ0n) is 15.4. The number of para-hydroxylation sites is 1. The van der Waals surface area contributed by atoms with E-state index in [1.54, 1.807) is 13.2 Å². The molecule has 0 aromatic heterocycles. The van der Waals surface area contributed by atoms with Gasteiger partial charge in [-0.05, 0) is 37.8 Å². The van der Waals surface area contributed by atoms with Gasteiger partial charge in [-0.15, -0.1) is 0 Å². The number of benzene rings is 1. The minimum atomic E-state index is -0.263. The highest BCUT2D eigenvalue weighted by Gasteiger charge is 2.43. The van der Waals surface area contributed by atoms with Crippen LogP contribution in [0.2, 0.25) is 0 Å². The summed E-state index contributed by atoms with van der Waals surface area (Å²) in [5.74, 6) is 0.998. The Labute approximate surface area is 151 Å². The van der Waals surface area contributed by atoms with Crippen LogP contribution in [0.3, 0.4) is 0 Å². The molecule has 0 radical (unpaired) electrons. The van der Waals surface area contributed by atoms with Crippen molar-refractivity contribution in [2.24, 2.45) is 5.92 Å². The number of hydrogen-bond acceptors (Lipinski definition) is 3. The monoisotopic (exact) mass is 344 g/mol. The van der Waals surface area contributed by atoms with Crippen molar-refractivity contribution in [1.29, 1.82) is 0 Å². The van der Waals surface area contributed by atoms with Crippen LogP contribution >= 0.6 is 0 Å². The summed E-state index contributed by atoms with van der Waals surface area (Å²) >= 11 is 0. The number of ether oxygens (including phenoxy) is 2. The molecule has 3 rings (SSSR count). The van der Waals surface area contributed by atoms with E-state index < -0.39 is 0 Å². The van der Waals surface area contributed by atoms with E-state index in [0.29, 0.717) is 18.6 Å². The highest BCUT2D eigenvalue weighted by molar-refractivity contribution is 5.87. The molecular weight excluding hydrogens is 314 g/mol. The first-order valence-corrected chi connectivity index (χ1v) is 9.44. The van der Waals surface area contributed by atoms with E-state index in [1.807, 2.05) is 24.3 Å². The summed E-state index contributed by atoms with van der Waals surface area (Å²) in [5, 5.41) is 0. The summed E-state index contributed by atoms with van der Waals surface area (Å²) in [6.45, 7) is 3.11. The Hall–Kier alpha value is -1.81. The van der Waals surface area contributed by atoms with Crippen LogP contribution in [-0.2, 0) is 9.53 Å². The third-order valence-corrected chi connectivity index (χ3v) is 5.99. The Morgan fingerprint density at radius 2 is 2.00 bits per heavy atom. The van der Waals surface area contributed by atoms with Gasteiger partial charge in [0.15, 0.2) is 0 Å². The van der Waals surface area contributed by atoms with Gasteiger partial charge in [0.1, 0.15) is 12.4 Å². The summed E-state index contributed by atoms with van der Waals surface area (Å²) in [4.78, 5) is 12.1. The first kappa shape index (κ1) is 18.0. The number of rotatable bonds is 5. The molecule has 0 N–H and O–H groups in total. The second-order valence-electron chi connectivity index (χ2n) is 7.60. The second kappa shape index (κ2) is 8.05. The number of carbonyl (C=O) groups is 1. The highest BCUT2D eigenvalue weighted by Crippen LogP contribution is 2.36. The molecule has 2 fully saturated rings. The highest BCUT2D eigenvalue weighted by atomic mass is 16.5. The first-order valence-electron chi connectivity index (χ1n) is 9.44. The number of quaternary nitrogens is 1. The van der Waals surface area contributed by atoms with Gasteiger partial charge in [0.2, 0.25) is 0 Å². The maximum atomic E-state index is 12.1. The predicted molar refractivity (Wildman–Crippen MR) is 99.3 cm³/mol. The molecule has 0 spiro atoms. The minimum absolute atomic E-state index is 0.263. The molecule has 25 heavy (non-hydrogen) atoms. The quantitative estimate of drug-likeness (QED) is 0.464. The van der Waals surface area contributed by atoms with Crippen molar-refractivity contribution in [3.8, 4) is 5.75 Å². The van der Waals surface area contributed by atoms with Crippen molar-refractivity contribution in [2.75, 3.05) is 33.9 Å². The first-order chi connectivity index (χ1) is 12.1. The molecule has 4 nitrogen and oxygen atoms in total. The van der Waals surface area contributed by atoms with Crippen LogP contribution in [0.1, 0.15) is 37.7 Å². The molecular formula is C21H30NO3+. The molecule has 2 heterocycles. The van der Waals surface area contributed by atoms with E-state index in [4.69, 9.17) is 9.47 Å². The van der Waals surface area contributed by atoms with Gasteiger partial charge in [-0.2, -0.15) is 0 Å². The fourth-order valence-corrected chi connectivity index (χ4v) is 4.63. The van der Waals surface area contributed by atoms with Crippen LogP contribution in [0.25, 0.3) is 6.08 Å². The number of fused-ring (bicyclic) bond motifs is 1. The van der Waals surface area contributed by atoms with Gasteiger partial charge >= 0.3 is 5.97 Å². The Balaban J connectivity index is 1.56. The zero-order valence-corrected chi connectivity index (χ0v) is 15.4. The Morgan fingerprint density at radius 3 is 2.84 bits per heavy atom. The molecule has 2 aliphatic heterocycles. The lowest BCUT2D eigenvalue weighted by Gasteiger charge is -2.51. The third kappa shape index (κ3) is 4.24. The molecule has 136 valence electrons. The van der Waals surface area contributed by atoms with E-state index in [2.05, 4.69) is 7.05 Å². The molecule has 0 saturated carbocycles. The van der Waals surface area contributed by atoms with Gasteiger partial charge in [-0.1, -0.05) is 18.2 Å². The number of esters is 1. The van der Waals surface area contributed by atoms with Crippen molar-refractivity contribution in [3.05, 3.63) is 35.9 Å². The molecule has 1 aromatic carbocycles. The average Bonchev–Trinajstić information content (AvgIpc) is 2.64. The molecule has 1 unspecified atom stereocenters. The summed E-state index contributed by atoms with van der Waals surface area (Å²) in [7, 11) is 4.02. The number of methoxy groups -OCH3 is 1. The van der Waals surface area contributed by atoms with Crippen LogP contribution in [0.4, 0.5) is 0 Å². The van der Waals surface area contributed by atoms with Crippen LogP contribution in [0, 0.1) is 5.92 Å². The number of nitrogens with zero attached hydrogens (tertiary/aromatic N) is 1. The molecule has 0 amide bonds. The molecule has 1 aromatic rings. The third-order valence-electron chi connectivity index (χ3n) is 5.99. The van der Waals surface area contributed by atoms with Crippen LogP contribution in [-0.4, -0.2) is 50.3 Å². The molecule has 3 atom stereocenters. The number of carbonyl (C=O) groups excluding carboxylic acids is 1. The van der Waals surface area contributed by atoms with Gasteiger partial charge in [0, 0.05) is 24.0 Å². The van der Waals surface area contributed by atoms with Crippen molar-refractivity contribution in [2.45, 2.75) is 38.1 Å². The number of hydrogen-bond donors (Lipinski definition) is 0. The van der Waals surface area contributed by atoms with Gasteiger partial charge in [0.25, 0.3) is 0 Å². The maximum Gasteiger partial charge on any atom is 0.330 e. The molecule has 0 bridgehead atoms. The smallest absolute Gasteiger partial charge is 0.330 e. The standard InChI is InChI=1S/C21H30NO3/c1-22-14-6-5-10-19(22)18(9-7-15-22)16-25-21(23)13-12-17-8-3-4-11-20(17)24-2/h3-4,8,11-13,18-19H,5-7,9-10,14-16H2,1-2H3/q+1/b13-12+/t18-,19-,22?/m0/s1. The minimum Gasteiger partial charge on any atom is -0.496 e. The Kier molecular flexibility index (Phi) is 5.79. The second-order valence-corrected chi connectivity index (χ2v) is 7.60. The van der Waals surface area contributed by atoms with Gasteiger partial charge in [-0.3, -0.25) is 0 Å². The summed E-state index contributed by atoms with van der Waals surface area (Å²) in [5.41, 5.74) is 0.885. The van der Waals surface area contributed by atoms with Crippen molar-refractivity contribution in [1.82, 2.24) is 0 Å². The van der Waals surface area contributed by atoms with Gasteiger partial charge in [-0.25, -0.2) is 4.79 Å². The summed E-state index contributed by atoms with van der Waals surface area (Å²) < 4.78 is 12.1. The lowest BCUT2D eigenvalue weighted by atomic mass is 9.82. The van der Waals surface area contributed by atoms with Crippen molar-refractivity contribution in [3.63, 3.8) is 0 Å². The van der Waals surface area contributed by atoms with E-state index in [9.17, 15) is 4.79 Å². The van der Waals surface area contributed by atoms with Gasteiger partial charge in [0.05, 0.1) is 33.3 Å². The lowest BCUT2D eigenvalue weighted by molar-refractivity contribution is -0.947. The molecule has 0 aliphatic carbocycles. The van der Waals surface area contributed by atoms with E-state index in [1.165, 1.54) is 55.8 Å². The van der Waals surface area contributed by atoms with Gasteiger partial charge < -0.3 is 14.0 Å². The Morgan fingerprint density at radius 1 is 1.20 bits per heavy atom. The molecule has 4 heteroatoms. The van der Waals surface area contributed by atoms with E-state index in [-0.39, 0.29) is 5.97 Å².